The third-order valence-corrected chi connectivity index (χ3v) is 3.93. The van der Waals surface area contributed by atoms with Gasteiger partial charge in [0.1, 0.15) is 6.04 Å². The molecule has 0 bridgehead atoms. The largest absolute Gasteiger partial charge is 0.311 e. The van der Waals surface area contributed by atoms with Gasteiger partial charge in [-0.3, -0.25) is 9.69 Å². The minimum Gasteiger partial charge on any atom is -0.311 e. The first-order valence-corrected chi connectivity index (χ1v) is 7.07. The molecular weight excluding hydrogens is 306 g/mol. The molecule has 0 spiro atoms. The fraction of sp³-hybridized carbons (Fsp3) is 0.429. The van der Waals surface area contributed by atoms with Gasteiger partial charge in [-0.05, 0) is 37.7 Å². The van der Waals surface area contributed by atoms with Crippen molar-refractivity contribution in [2.24, 2.45) is 0 Å². The number of benzene rings is 1. The molecular formula is C14H16BrN3O. The van der Waals surface area contributed by atoms with Gasteiger partial charge in [-0.2, -0.15) is 5.26 Å². The van der Waals surface area contributed by atoms with Crippen molar-refractivity contribution in [2.45, 2.75) is 18.9 Å². The molecule has 0 saturated carbocycles. The predicted molar refractivity (Wildman–Crippen MR) is 77.8 cm³/mol. The van der Waals surface area contributed by atoms with Crippen LogP contribution in [-0.2, 0) is 4.79 Å². The summed E-state index contributed by atoms with van der Waals surface area (Å²) in [5.41, 5.74) is 0.895. The highest BCUT2D eigenvalue weighted by molar-refractivity contribution is 9.10. The number of carbonyl (C=O) groups excluding carboxylic acids is 1. The lowest BCUT2D eigenvalue weighted by Crippen LogP contribution is -2.44. The molecule has 5 heteroatoms. The summed E-state index contributed by atoms with van der Waals surface area (Å²) in [6.45, 7) is 1.54. The van der Waals surface area contributed by atoms with E-state index in [1.54, 1.807) is 4.90 Å². The van der Waals surface area contributed by atoms with Gasteiger partial charge in [0.2, 0.25) is 5.91 Å². The molecule has 0 aromatic heterocycles. The van der Waals surface area contributed by atoms with Crippen LogP contribution in [0.4, 0.5) is 5.69 Å². The molecule has 1 fully saturated rings. The van der Waals surface area contributed by atoms with E-state index in [4.69, 9.17) is 5.26 Å². The molecule has 1 unspecified atom stereocenters. The number of nitrogens with zero attached hydrogens (tertiary/aromatic N) is 3. The van der Waals surface area contributed by atoms with Crippen LogP contribution in [0.2, 0.25) is 0 Å². The summed E-state index contributed by atoms with van der Waals surface area (Å²) >= 11 is 3.39. The number of likely N-dealkylation sites (N-methyl/N-ethyl adjacent to an activating group) is 1. The van der Waals surface area contributed by atoms with E-state index in [-0.39, 0.29) is 18.4 Å². The van der Waals surface area contributed by atoms with Gasteiger partial charge in [0.05, 0.1) is 12.5 Å². The van der Waals surface area contributed by atoms with Crippen LogP contribution in [0.3, 0.4) is 0 Å². The summed E-state index contributed by atoms with van der Waals surface area (Å²) in [5.74, 6) is 0.0175. The summed E-state index contributed by atoms with van der Waals surface area (Å²) in [6, 6.07) is 9.48. The highest BCUT2D eigenvalue weighted by Gasteiger charge is 2.31. The van der Waals surface area contributed by atoms with E-state index >= 15 is 0 Å². The van der Waals surface area contributed by atoms with Gasteiger partial charge in [-0.1, -0.05) is 15.9 Å². The van der Waals surface area contributed by atoms with E-state index in [1.807, 2.05) is 36.2 Å². The molecule has 100 valence electrons. The highest BCUT2D eigenvalue weighted by Crippen LogP contribution is 2.22. The molecule has 1 saturated heterocycles. The molecule has 19 heavy (non-hydrogen) atoms. The van der Waals surface area contributed by atoms with Crippen LogP contribution in [0, 0.1) is 11.3 Å². The smallest absolute Gasteiger partial charge is 0.245 e. The zero-order valence-corrected chi connectivity index (χ0v) is 12.4. The van der Waals surface area contributed by atoms with E-state index in [0.29, 0.717) is 6.54 Å². The first-order valence-electron chi connectivity index (χ1n) is 6.27. The third kappa shape index (κ3) is 3.14. The van der Waals surface area contributed by atoms with Gasteiger partial charge in [0.15, 0.2) is 0 Å². The maximum absolute atomic E-state index is 12.6. The van der Waals surface area contributed by atoms with Gasteiger partial charge >= 0.3 is 0 Å². The molecule has 1 aliphatic rings. The Morgan fingerprint density at radius 3 is 2.68 bits per heavy atom. The summed E-state index contributed by atoms with van der Waals surface area (Å²) in [6.07, 6.45) is 1.16. The second kappa shape index (κ2) is 6.18. The number of rotatable bonds is 2. The molecule has 1 heterocycles. The van der Waals surface area contributed by atoms with Crippen LogP contribution >= 0.6 is 15.9 Å². The van der Waals surface area contributed by atoms with E-state index < -0.39 is 0 Å². The Kier molecular flexibility index (Phi) is 4.56. The van der Waals surface area contributed by atoms with E-state index in [0.717, 1.165) is 23.1 Å². The standard InChI is InChI=1S/C14H16BrN3O/c1-17-9-2-10-18(14(19)13(17)7-8-16)12-5-3-11(15)4-6-12/h3-6,13H,2,7,9-10H2,1H3. The molecule has 0 N–H and O–H groups in total. The molecule has 0 radical (unpaired) electrons. The topological polar surface area (TPSA) is 47.3 Å². The fourth-order valence-corrected chi connectivity index (χ4v) is 2.58. The van der Waals surface area contributed by atoms with Crippen molar-refractivity contribution in [3.8, 4) is 6.07 Å². The maximum Gasteiger partial charge on any atom is 0.245 e. The van der Waals surface area contributed by atoms with E-state index in [1.165, 1.54) is 0 Å². The molecule has 1 aromatic rings. The van der Waals surface area contributed by atoms with Gasteiger partial charge in [0, 0.05) is 23.2 Å². The summed E-state index contributed by atoms with van der Waals surface area (Å²) < 4.78 is 0.990. The van der Waals surface area contributed by atoms with Crippen molar-refractivity contribution in [2.75, 3.05) is 25.0 Å². The van der Waals surface area contributed by atoms with E-state index in [9.17, 15) is 4.79 Å². The van der Waals surface area contributed by atoms with Crippen LogP contribution in [0.15, 0.2) is 28.7 Å². The summed E-state index contributed by atoms with van der Waals surface area (Å²) in [5, 5.41) is 8.89. The lowest BCUT2D eigenvalue weighted by Gasteiger charge is -2.26. The predicted octanol–water partition coefficient (Wildman–Crippen LogP) is 2.40. The van der Waals surface area contributed by atoms with Gasteiger partial charge in [-0.15, -0.1) is 0 Å². The van der Waals surface area contributed by atoms with Crippen LogP contribution in [0.25, 0.3) is 0 Å². The van der Waals surface area contributed by atoms with E-state index in [2.05, 4.69) is 22.0 Å². The molecule has 1 aliphatic heterocycles. The number of anilines is 1. The number of hydrogen-bond donors (Lipinski definition) is 0. The van der Waals surface area contributed by atoms with Gasteiger partial charge < -0.3 is 4.90 Å². The molecule has 0 aliphatic carbocycles. The van der Waals surface area contributed by atoms with Gasteiger partial charge in [-0.25, -0.2) is 0 Å². The SMILES string of the molecule is CN1CCCN(c2ccc(Br)cc2)C(=O)C1CC#N. The monoisotopic (exact) mass is 321 g/mol. The number of hydrogen-bond acceptors (Lipinski definition) is 3. The van der Waals surface area contributed by atoms with Crippen LogP contribution in [0.5, 0.6) is 0 Å². The lowest BCUT2D eigenvalue weighted by molar-refractivity contribution is -0.122. The normalized spacial score (nSPS) is 21.0. The van der Waals surface area contributed by atoms with Gasteiger partial charge in [0.25, 0.3) is 0 Å². The molecule has 1 amide bonds. The Morgan fingerprint density at radius 1 is 1.37 bits per heavy atom. The Balaban J connectivity index is 2.27. The van der Waals surface area contributed by atoms with Crippen LogP contribution < -0.4 is 4.90 Å². The Labute approximate surface area is 121 Å². The lowest BCUT2D eigenvalue weighted by atomic mass is 10.1. The highest BCUT2D eigenvalue weighted by atomic mass is 79.9. The molecule has 4 nitrogen and oxygen atoms in total. The Bertz CT molecular complexity index is 494. The Hall–Kier alpha value is -1.38. The van der Waals surface area contributed by atoms with Crippen molar-refractivity contribution >= 4 is 27.5 Å². The number of halogens is 1. The summed E-state index contributed by atoms with van der Waals surface area (Å²) in [7, 11) is 1.91. The first-order chi connectivity index (χ1) is 9.13. The fourth-order valence-electron chi connectivity index (χ4n) is 2.32. The van der Waals surface area contributed by atoms with Crippen molar-refractivity contribution in [3.05, 3.63) is 28.7 Å². The zero-order chi connectivity index (χ0) is 13.8. The van der Waals surface area contributed by atoms with Crippen LogP contribution in [-0.4, -0.2) is 37.0 Å². The van der Waals surface area contributed by atoms with Crippen molar-refractivity contribution in [1.29, 1.82) is 5.26 Å². The minimum absolute atomic E-state index is 0.0175. The number of nitriles is 1. The molecule has 1 atom stereocenters. The minimum atomic E-state index is -0.337. The second-order valence-corrected chi connectivity index (χ2v) is 5.59. The van der Waals surface area contributed by atoms with Crippen LogP contribution in [0.1, 0.15) is 12.8 Å². The Morgan fingerprint density at radius 2 is 2.05 bits per heavy atom. The molecule has 1 aromatic carbocycles. The van der Waals surface area contributed by atoms with Crippen molar-refractivity contribution < 1.29 is 4.79 Å². The second-order valence-electron chi connectivity index (χ2n) is 4.68. The average molecular weight is 322 g/mol. The maximum atomic E-state index is 12.6. The van der Waals surface area contributed by atoms with Crippen molar-refractivity contribution in [1.82, 2.24) is 4.90 Å². The number of amides is 1. The first kappa shape index (κ1) is 14.0. The summed E-state index contributed by atoms with van der Waals surface area (Å²) in [4.78, 5) is 16.3. The zero-order valence-electron chi connectivity index (χ0n) is 10.8. The van der Waals surface area contributed by atoms with Crippen molar-refractivity contribution in [3.63, 3.8) is 0 Å². The third-order valence-electron chi connectivity index (χ3n) is 3.40. The quantitative estimate of drug-likeness (QED) is 0.840. The average Bonchev–Trinajstić information content (AvgIpc) is 2.53. The number of carbonyl (C=O) groups is 1. The molecule has 2 rings (SSSR count).